The molecule has 0 radical (unpaired) electrons. The van der Waals surface area contributed by atoms with Crippen molar-refractivity contribution in [3.05, 3.63) is 47.5 Å². The Morgan fingerprint density at radius 3 is 2.50 bits per heavy atom. The van der Waals surface area contributed by atoms with Crippen LogP contribution in [0.4, 0.5) is 0 Å². The molecule has 4 heteroatoms. The van der Waals surface area contributed by atoms with Crippen LogP contribution in [-0.4, -0.2) is 22.6 Å². The minimum Gasteiger partial charge on any atom is -0.478 e. The Morgan fingerprint density at radius 2 is 1.85 bits per heavy atom. The molecule has 1 fully saturated rings. The van der Waals surface area contributed by atoms with Gasteiger partial charge in [-0.2, -0.15) is 0 Å². The average Bonchev–Trinajstić information content (AvgIpc) is 2.37. The van der Waals surface area contributed by atoms with Gasteiger partial charge in [0.05, 0.1) is 6.42 Å². The first-order valence-corrected chi connectivity index (χ1v) is 6.57. The predicted octanol–water partition coefficient (Wildman–Crippen LogP) is 2.28. The summed E-state index contributed by atoms with van der Waals surface area (Å²) in [5.74, 6) is -1.08. The van der Waals surface area contributed by atoms with Gasteiger partial charge in [0.2, 0.25) is 0 Å². The minimum absolute atomic E-state index is 0.0119. The number of carbonyl (C=O) groups is 3. The number of ketones is 2. The van der Waals surface area contributed by atoms with Crippen molar-refractivity contribution in [2.24, 2.45) is 0 Å². The van der Waals surface area contributed by atoms with Gasteiger partial charge in [0.25, 0.3) is 0 Å². The standard InChI is InChI=1S/C16H16O4/c17-13-8-12(9-14(18)10-13)15-6-2-1-4-11(15)5-3-7-16(19)20/h1-4,6-7,12H,5,8-10H2,(H,19,20). The summed E-state index contributed by atoms with van der Waals surface area (Å²) in [6, 6.07) is 7.58. The van der Waals surface area contributed by atoms with E-state index in [0.29, 0.717) is 19.3 Å². The van der Waals surface area contributed by atoms with E-state index in [1.807, 2.05) is 24.3 Å². The van der Waals surface area contributed by atoms with E-state index in [0.717, 1.165) is 17.2 Å². The molecule has 4 nitrogen and oxygen atoms in total. The van der Waals surface area contributed by atoms with Gasteiger partial charge in [-0.25, -0.2) is 4.79 Å². The van der Waals surface area contributed by atoms with Gasteiger partial charge in [-0.05, 0) is 23.5 Å². The molecule has 0 spiro atoms. The Balaban J connectivity index is 2.20. The van der Waals surface area contributed by atoms with Crippen LogP contribution in [0.5, 0.6) is 0 Å². The van der Waals surface area contributed by atoms with Crippen LogP contribution in [0.25, 0.3) is 0 Å². The highest BCUT2D eigenvalue weighted by Crippen LogP contribution is 2.31. The van der Waals surface area contributed by atoms with Crippen molar-refractivity contribution >= 4 is 17.5 Å². The van der Waals surface area contributed by atoms with E-state index in [-0.39, 0.29) is 23.9 Å². The fourth-order valence-electron chi connectivity index (χ4n) is 2.61. The summed E-state index contributed by atoms with van der Waals surface area (Å²) in [5, 5.41) is 8.60. The van der Waals surface area contributed by atoms with Crippen molar-refractivity contribution in [1.82, 2.24) is 0 Å². The lowest BCUT2D eigenvalue weighted by atomic mass is 9.80. The van der Waals surface area contributed by atoms with E-state index in [9.17, 15) is 14.4 Å². The summed E-state index contributed by atoms with van der Waals surface area (Å²) in [7, 11) is 0. The highest BCUT2D eigenvalue weighted by molar-refractivity contribution is 6.02. The molecule has 104 valence electrons. The zero-order valence-electron chi connectivity index (χ0n) is 11.0. The first kappa shape index (κ1) is 14.2. The van der Waals surface area contributed by atoms with Gasteiger partial charge in [0.15, 0.2) is 0 Å². The number of allylic oxidation sites excluding steroid dienone is 1. The third-order valence-corrected chi connectivity index (χ3v) is 3.44. The number of rotatable bonds is 4. The van der Waals surface area contributed by atoms with Crippen LogP contribution < -0.4 is 0 Å². The lowest BCUT2D eigenvalue weighted by Gasteiger charge is -2.22. The summed E-state index contributed by atoms with van der Waals surface area (Å²) < 4.78 is 0. The fraction of sp³-hybridized carbons (Fsp3) is 0.312. The maximum absolute atomic E-state index is 11.6. The summed E-state index contributed by atoms with van der Waals surface area (Å²) >= 11 is 0. The van der Waals surface area contributed by atoms with Gasteiger partial charge in [-0.1, -0.05) is 30.3 Å². The molecule has 1 aromatic carbocycles. The van der Waals surface area contributed by atoms with Gasteiger partial charge in [0, 0.05) is 18.9 Å². The smallest absolute Gasteiger partial charge is 0.327 e. The van der Waals surface area contributed by atoms with Crippen LogP contribution in [-0.2, 0) is 20.8 Å². The molecule has 1 N–H and O–H groups in total. The number of benzene rings is 1. The van der Waals surface area contributed by atoms with Gasteiger partial charge in [-0.15, -0.1) is 0 Å². The van der Waals surface area contributed by atoms with E-state index in [4.69, 9.17) is 5.11 Å². The molecule has 0 unspecified atom stereocenters. The Bertz CT molecular complexity index is 556. The monoisotopic (exact) mass is 272 g/mol. The number of carboxylic acids is 1. The van der Waals surface area contributed by atoms with Crippen molar-refractivity contribution in [3.63, 3.8) is 0 Å². The van der Waals surface area contributed by atoms with E-state index >= 15 is 0 Å². The first-order valence-electron chi connectivity index (χ1n) is 6.57. The second-order valence-electron chi connectivity index (χ2n) is 5.00. The second-order valence-corrected chi connectivity index (χ2v) is 5.00. The van der Waals surface area contributed by atoms with E-state index in [2.05, 4.69) is 0 Å². The van der Waals surface area contributed by atoms with Crippen molar-refractivity contribution in [1.29, 1.82) is 0 Å². The Hall–Kier alpha value is -2.23. The molecule has 1 saturated carbocycles. The first-order chi connectivity index (χ1) is 9.56. The maximum atomic E-state index is 11.6. The lowest BCUT2D eigenvalue weighted by molar-refractivity contribution is -0.132. The molecule has 0 atom stereocenters. The van der Waals surface area contributed by atoms with Crippen molar-refractivity contribution in [2.75, 3.05) is 0 Å². The number of carbonyl (C=O) groups excluding carboxylic acids is 2. The second kappa shape index (κ2) is 6.28. The zero-order chi connectivity index (χ0) is 14.5. The molecule has 1 aliphatic rings. The summed E-state index contributed by atoms with van der Waals surface area (Å²) in [6.45, 7) is 0. The molecule has 2 rings (SSSR count). The highest BCUT2D eigenvalue weighted by atomic mass is 16.4. The summed E-state index contributed by atoms with van der Waals surface area (Å²) in [6.07, 6.45) is 4.01. The largest absolute Gasteiger partial charge is 0.478 e. The molecule has 0 aromatic heterocycles. The van der Waals surface area contributed by atoms with E-state index in [1.54, 1.807) is 6.08 Å². The van der Waals surface area contributed by atoms with Crippen LogP contribution in [0.1, 0.15) is 36.3 Å². The van der Waals surface area contributed by atoms with E-state index in [1.165, 1.54) is 0 Å². The number of Topliss-reactive ketones (excluding diaryl/α,β-unsaturated/α-hetero) is 2. The van der Waals surface area contributed by atoms with Crippen LogP contribution in [0.3, 0.4) is 0 Å². The molecule has 0 aliphatic heterocycles. The highest BCUT2D eigenvalue weighted by Gasteiger charge is 2.27. The molecule has 0 amide bonds. The molecule has 0 bridgehead atoms. The topological polar surface area (TPSA) is 71.4 Å². The third-order valence-electron chi connectivity index (χ3n) is 3.44. The molecule has 0 saturated heterocycles. The number of carboxylic acid groups (broad SMARTS) is 1. The van der Waals surface area contributed by atoms with Gasteiger partial charge in [0.1, 0.15) is 11.6 Å². The van der Waals surface area contributed by atoms with Crippen LogP contribution in [0.2, 0.25) is 0 Å². The van der Waals surface area contributed by atoms with E-state index < -0.39 is 5.97 Å². The van der Waals surface area contributed by atoms with Gasteiger partial charge < -0.3 is 5.11 Å². The van der Waals surface area contributed by atoms with Crippen molar-refractivity contribution < 1.29 is 19.5 Å². The Kier molecular flexibility index (Phi) is 4.45. The number of aliphatic carboxylic acids is 1. The Labute approximate surface area is 117 Å². The molecule has 1 aromatic rings. The van der Waals surface area contributed by atoms with Gasteiger partial charge in [-0.3, -0.25) is 9.59 Å². The molecular formula is C16H16O4. The zero-order valence-corrected chi connectivity index (χ0v) is 11.0. The lowest BCUT2D eigenvalue weighted by Crippen LogP contribution is -2.22. The minimum atomic E-state index is -0.981. The predicted molar refractivity (Wildman–Crippen MR) is 73.5 cm³/mol. The maximum Gasteiger partial charge on any atom is 0.327 e. The molecular weight excluding hydrogens is 256 g/mol. The Morgan fingerprint density at radius 1 is 1.20 bits per heavy atom. The van der Waals surface area contributed by atoms with Crippen LogP contribution in [0.15, 0.2) is 36.4 Å². The third kappa shape index (κ3) is 3.63. The van der Waals surface area contributed by atoms with Crippen molar-refractivity contribution in [3.8, 4) is 0 Å². The van der Waals surface area contributed by atoms with Gasteiger partial charge >= 0.3 is 5.97 Å². The molecule has 20 heavy (non-hydrogen) atoms. The quantitative estimate of drug-likeness (QED) is 0.674. The molecule has 1 aliphatic carbocycles. The van der Waals surface area contributed by atoms with Crippen molar-refractivity contribution in [2.45, 2.75) is 31.6 Å². The normalized spacial score (nSPS) is 16.8. The number of hydrogen-bond donors (Lipinski definition) is 1. The molecule has 0 heterocycles. The average molecular weight is 272 g/mol. The fourth-order valence-corrected chi connectivity index (χ4v) is 2.61. The summed E-state index contributed by atoms with van der Waals surface area (Å²) in [4.78, 5) is 33.6. The van der Waals surface area contributed by atoms with Crippen LogP contribution in [0, 0.1) is 0 Å². The van der Waals surface area contributed by atoms with Crippen LogP contribution >= 0.6 is 0 Å². The summed E-state index contributed by atoms with van der Waals surface area (Å²) in [5.41, 5.74) is 1.95. The number of hydrogen-bond acceptors (Lipinski definition) is 3. The SMILES string of the molecule is O=C(O)C=CCc1ccccc1C1CC(=O)CC(=O)C1.